The monoisotopic (exact) mass is 243 g/mol. The fourth-order valence-corrected chi connectivity index (χ4v) is 2.82. The molecule has 1 aliphatic carbocycles. The second-order valence-corrected chi connectivity index (χ2v) is 5.98. The van der Waals surface area contributed by atoms with E-state index in [1.54, 1.807) is 0 Å². The van der Waals surface area contributed by atoms with E-state index in [9.17, 15) is 0 Å². The first kappa shape index (κ1) is 14.9. The van der Waals surface area contributed by atoms with Crippen LogP contribution in [0.2, 0.25) is 0 Å². The summed E-state index contributed by atoms with van der Waals surface area (Å²) < 4.78 is 11.5. The molecule has 102 valence electrons. The van der Waals surface area contributed by atoms with Crippen LogP contribution in [0.1, 0.15) is 47.0 Å². The Balaban J connectivity index is 2.35. The number of ether oxygens (including phenoxy) is 2. The minimum Gasteiger partial charge on any atom is -0.376 e. The maximum Gasteiger partial charge on any atom is 0.0734 e. The predicted molar refractivity (Wildman–Crippen MR) is 71.3 cm³/mol. The molecule has 1 aliphatic rings. The van der Waals surface area contributed by atoms with E-state index < -0.39 is 0 Å². The molecular formula is C14H29NO2. The van der Waals surface area contributed by atoms with E-state index in [-0.39, 0.29) is 0 Å². The van der Waals surface area contributed by atoms with E-state index in [0.29, 0.717) is 36.9 Å². The zero-order valence-electron chi connectivity index (χ0n) is 12.1. The van der Waals surface area contributed by atoms with E-state index >= 15 is 0 Å². The van der Waals surface area contributed by atoms with Crippen LogP contribution in [0.25, 0.3) is 0 Å². The zero-order valence-corrected chi connectivity index (χ0v) is 12.1. The molecule has 2 atom stereocenters. The number of likely N-dealkylation sites (N-methyl/N-ethyl adjacent to an activating group) is 1. The molecule has 0 saturated heterocycles. The van der Waals surface area contributed by atoms with Crippen molar-refractivity contribution >= 4 is 0 Å². The first-order valence-electron chi connectivity index (χ1n) is 6.88. The van der Waals surface area contributed by atoms with Crippen LogP contribution in [0, 0.1) is 5.41 Å². The van der Waals surface area contributed by atoms with Crippen LogP contribution < -0.4 is 5.32 Å². The van der Waals surface area contributed by atoms with E-state index in [0.717, 1.165) is 6.42 Å². The number of rotatable bonds is 6. The van der Waals surface area contributed by atoms with Gasteiger partial charge in [-0.15, -0.1) is 0 Å². The summed E-state index contributed by atoms with van der Waals surface area (Å²) in [5, 5.41) is 3.43. The van der Waals surface area contributed by atoms with Crippen molar-refractivity contribution in [3.63, 3.8) is 0 Å². The summed E-state index contributed by atoms with van der Waals surface area (Å²) in [6.45, 7) is 10.2. The van der Waals surface area contributed by atoms with Crippen molar-refractivity contribution in [1.82, 2.24) is 5.32 Å². The van der Waals surface area contributed by atoms with Crippen molar-refractivity contribution in [3.05, 3.63) is 0 Å². The third kappa shape index (κ3) is 4.57. The third-order valence-electron chi connectivity index (χ3n) is 3.70. The molecule has 3 heteroatoms. The summed E-state index contributed by atoms with van der Waals surface area (Å²) in [7, 11) is 2.04. The summed E-state index contributed by atoms with van der Waals surface area (Å²) in [4.78, 5) is 0. The molecule has 3 nitrogen and oxygen atoms in total. The van der Waals surface area contributed by atoms with Crippen LogP contribution >= 0.6 is 0 Å². The largest absolute Gasteiger partial charge is 0.376 e. The van der Waals surface area contributed by atoms with Gasteiger partial charge in [0.15, 0.2) is 0 Å². The van der Waals surface area contributed by atoms with Crippen molar-refractivity contribution in [3.8, 4) is 0 Å². The topological polar surface area (TPSA) is 30.5 Å². The van der Waals surface area contributed by atoms with Gasteiger partial charge in [-0.25, -0.2) is 0 Å². The van der Waals surface area contributed by atoms with Crippen molar-refractivity contribution in [1.29, 1.82) is 0 Å². The molecule has 0 aromatic heterocycles. The van der Waals surface area contributed by atoms with E-state index in [2.05, 4.69) is 33.0 Å². The molecule has 1 fully saturated rings. The molecule has 1 saturated carbocycles. The Labute approximate surface area is 106 Å². The molecule has 0 aliphatic heterocycles. The van der Waals surface area contributed by atoms with Gasteiger partial charge >= 0.3 is 0 Å². The normalized spacial score (nSPS) is 28.6. The Bertz CT molecular complexity index is 216. The Kier molecular flexibility index (Phi) is 5.90. The Morgan fingerprint density at radius 2 is 2.00 bits per heavy atom. The molecule has 0 amide bonds. The predicted octanol–water partition coefficient (Wildman–Crippen LogP) is 2.59. The van der Waals surface area contributed by atoms with Crippen molar-refractivity contribution in [2.24, 2.45) is 5.41 Å². The third-order valence-corrected chi connectivity index (χ3v) is 3.70. The lowest BCUT2D eigenvalue weighted by atomic mass is 9.72. The van der Waals surface area contributed by atoms with Gasteiger partial charge in [0, 0.05) is 6.04 Å². The van der Waals surface area contributed by atoms with Gasteiger partial charge < -0.3 is 14.8 Å². The lowest BCUT2D eigenvalue weighted by molar-refractivity contribution is -0.0609. The first-order valence-corrected chi connectivity index (χ1v) is 6.88. The molecule has 0 aromatic rings. The summed E-state index contributed by atoms with van der Waals surface area (Å²) in [6.07, 6.45) is 4.33. The molecule has 0 radical (unpaired) electrons. The highest BCUT2D eigenvalue weighted by atomic mass is 16.5. The fourth-order valence-electron chi connectivity index (χ4n) is 2.82. The van der Waals surface area contributed by atoms with E-state index in [4.69, 9.17) is 9.47 Å². The Morgan fingerprint density at radius 3 is 2.59 bits per heavy atom. The average molecular weight is 243 g/mol. The highest BCUT2D eigenvalue weighted by molar-refractivity contribution is 4.93. The van der Waals surface area contributed by atoms with Crippen LogP contribution in [0.3, 0.4) is 0 Å². The van der Waals surface area contributed by atoms with Gasteiger partial charge in [0.05, 0.1) is 25.4 Å². The molecule has 0 heterocycles. The lowest BCUT2D eigenvalue weighted by Gasteiger charge is -2.43. The van der Waals surface area contributed by atoms with Crippen molar-refractivity contribution in [2.75, 3.05) is 20.3 Å². The van der Waals surface area contributed by atoms with Gasteiger partial charge in [-0.2, -0.15) is 0 Å². The minimum absolute atomic E-state index is 0.293. The molecule has 0 aromatic carbocycles. The number of hydrogen-bond donors (Lipinski definition) is 1. The highest BCUT2D eigenvalue weighted by Gasteiger charge is 2.38. The number of hydrogen-bond acceptors (Lipinski definition) is 3. The highest BCUT2D eigenvalue weighted by Crippen LogP contribution is 2.36. The SMILES string of the molecule is CNC1C(OCCOC(C)C)CCCC1(C)C. The Hall–Kier alpha value is -0.120. The summed E-state index contributed by atoms with van der Waals surface area (Å²) in [5.74, 6) is 0. The molecular weight excluding hydrogens is 214 g/mol. The second kappa shape index (κ2) is 6.72. The van der Waals surface area contributed by atoms with Gasteiger partial charge in [0.2, 0.25) is 0 Å². The smallest absolute Gasteiger partial charge is 0.0734 e. The summed E-state index contributed by atoms with van der Waals surface area (Å²) >= 11 is 0. The van der Waals surface area contributed by atoms with Crippen LogP contribution in [-0.2, 0) is 9.47 Å². The van der Waals surface area contributed by atoms with Crippen LogP contribution in [0.5, 0.6) is 0 Å². The average Bonchev–Trinajstić information content (AvgIpc) is 2.23. The second-order valence-electron chi connectivity index (χ2n) is 5.98. The summed E-state index contributed by atoms with van der Waals surface area (Å²) in [6, 6.07) is 0.454. The van der Waals surface area contributed by atoms with Gasteiger partial charge in [0.25, 0.3) is 0 Å². The molecule has 1 rings (SSSR count). The molecule has 2 unspecified atom stereocenters. The van der Waals surface area contributed by atoms with Crippen LogP contribution in [0.4, 0.5) is 0 Å². The van der Waals surface area contributed by atoms with Crippen molar-refractivity contribution < 1.29 is 9.47 Å². The maximum absolute atomic E-state index is 5.98. The van der Waals surface area contributed by atoms with Gasteiger partial charge in [-0.05, 0) is 39.2 Å². The molecule has 0 spiro atoms. The number of nitrogens with one attached hydrogen (secondary N) is 1. The minimum atomic E-state index is 0.293. The van der Waals surface area contributed by atoms with E-state index in [1.165, 1.54) is 12.8 Å². The Morgan fingerprint density at radius 1 is 1.29 bits per heavy atom. The van der Waals surface area contributed by atoms with Gasteiger partial charge in [-0.3, -0.25) is 0 Å². The van der Waals surface area contributed by atoms with Crippen molar-refractivity contribution in [2.45, 2.75) is 65.2 Å². The summed E-state index contributed by atoms with van der Waals surface area (Å²) in [5.41, 5.74) is 0.330. The fraction of sp³-hybridized carbons (Fsp3) is 1.00. The van der Waals surface area contributed by atoms with E-state index in [1.807, 2.05) is 7.05 Å². The molecule has 1 N–H and O–H groups in total. The first-order chi connectivity index (χ1) is 7.97. The van der Waals surface area contributed by atoms with Crippen LogP contribution in [0.15, 0.2) is 0 Å². The standard InChI is InChI=1S/C14H29NO2/c1-11(2)16-9-10-17-12-7-6-8-14(3,4)13(12)15-5/h11-13,15H,6-10H2,1-5H3. The maximum atomic E-state index is 5.98. The van der Waals surface area contributed by atoms with Gasteiger partial charge in [0.1, 0.15) is 0 Å². The quantitative estimate of drug-likeness (QED) is 0.727. The van der Waals surface area contributed by atoms with Crippen LogP contribution in [-0.4, -0.2) is 38.5 Å². The van der Waals surface area contributed by atoms with Gasteiger partial charge in [-0.1, -0.05) is 20.3 Å². The molecule has 0 bridgehead atoms. The lowest BCUT2D eigenvalue weighted by Crippen LogP contribution is -2.52. The zero-order chi connectivity index (χ0) is 12.9. The molecule has 17 heavy (non-hydrogen) atoms.